The summed E-state index contributed by atoms with van der Waals surface area (Å²) in [5, 5.41) is 0.386. The molecule has 0 saturated heterocycles. The molecule has 0 bridgehead atoms. The van der Waals surface area contributed by atoms with Crippen LogP contribution in [0.1, 0.15) is 5.56 Å². The van der Waals surface area contributed by atoms with E-state index in [2.05, 4.69) is 0 Å². The summed E-state index contributed by atoms with van der Waals surface area (Å²) in [7, 11) is 0. The van der Waals surface area contributed by atoms with Gasteiger partial charge in [-0.15, -0.1) is 0 Å². The van der Waals surface area contributed by atoms with Crippen LogP contribution in [0.25, 0.3) is 16.6 Å². The van der Waals surface area contributed by atoms with Gasteiger partial charge in [-0.1, -0.05) is 24.3 Å². The van der Waals surface area contributed by atoms with Crippen molar-refractivity contribution in [3.05, 3.63) is 76.6 Å². The second-order valence-corrected chi connectivity index (χ2v) is 4.58. The van der Waals surface area contributed by atoms with E-state index in [0.29, 0.717) is 10.9 Å². The fourth-order valence-corrected chi connectivity index (χ4v) is 2.34. The van der Waals surface area contributed by atoms with Crippen LogP contribution in [-0.4, -0.2) is 4.57 Å². The molecule has 2 aromatic carbocycles. The lowest BCUT2D eigenvalue weighted by molar-refractivity contribution is -0.137. The summed E-state index contributed by atoms with van der Waals surface area (Å²) in [6, 6.07) is 13.2. The normalized spacial score (nSPS) is 11.8. The number of alkyl halides is 3. The highest BCUT2D eigenvalue weighted by Gasteiger charge is 2.33. The highest BCUT2D eigenvalue weighted by Crippen LogP contribution is 2.34. The van der Waals surface area contributed by atoms with Crippen molar-refractivity contribution >= 4 is 10.9 Å². The van der Waals surface area contributed by atoms with Crippen molar-refractivity contribution in [1.82, 2.24) is 4.57 Å². The Hall–Kier alpha value is -2.56. The van der Waals surface area contributed by atoms with Gasteiger partial charge in [-0.05, 0) is 24.3 Å². The van der Waals surface area contributed by atoms with Crippen molar-refractivity contribution in [1.29, 1.82) is 0 Å². The number of rotatable bonds is 1. The Labute approximate surface area is 118 Å². The molecule has 0 fully saturated rings. The van der Waals surface area contributed by atoms with Gasteiger partial charge in [-0.3, -0.25) is 4.79 Å². The highest BCUT2D eigenvalue weighted by molar-refractivity contribution is 5.80. The summed E-state index contributed by atoms with van der Waals surface area (Å²) in [6.07, 6.45) is -3.09. The molecule has 1 aromatic heterocycles. The lowest BCUT2D eigenvalue weighted by atomic mass is 10.1. The van der Waals surface area contributed by atoms with E-state index in [4.69, 9.17) is 0 Å². The Morgan fingerprint density at radius 2 is 1.52 bits per heavy atom. The van der Waals surface area contributed by atoms with Crippen LogP contribution in [0, 0.1) is 0 Å². The monoisotopic (exact) mass is 289 g/mol. The van der Waals surface area contributed by atoms with Gasteiger partial charge < -0.3 is 4.57 Å². The average Bonchev–Trinajstić information content (AvgIpc) is 2.47. The first-order valence-corrected chi connectivity index (χ1v) is 6.25. The molecule has 5 heteroatoms. The van der Waals surface area contributed by atoms with Crippen molar-refractivity contribution in [3.63, 3.8) is 0 Å². The number of benzene rings is 2. The van der Waals surface area contributed by atoms with Crippen molar-refractivity contribution in [3.8, 4) is 5.69 Å². The number of pyridine rings is 1. The van der Waals surface area contributed by atoms with Gasteiger partial charge in [0.25, 0.3) is 0 Å². The summed E-state index contributed by atoms with van der Waals surface area (Å²) in [6.45, 7) is 0. The minimum absolute atomic E-state index is 0.00111. The second-order valence-electron chi connectivity index (χ2n) is 4.58. The van der Waals surface area contributed by atoms with E-state index in [1.54, 1.807) is 24.3 Å². The van der Waals surface area contributed by atoms with Crippen molar-refractivity contribution in [2.45, 2.75) is 6.18 Å². The Morgan fingerprint density at radius 3 is 2.29 bits per heavy atom. The van der Waals surface area contributed by atoms with Crippen LogP contribution in [0.2, 0.25) is 0 Å². The fourth-order valence-electron chi connectivity index (χ4n) is 2.34. The Morgan fingerprint density at radius 1 is 0.857 bits per heavy atom. The van der Waals surface area contributed by atoms with Gasteiger partial charge in [0.05, 0.1) is 16.8 Å². The van der Waals surface area contributed by atoms with Crippen LogP contribution in [0.15, 0.2) is 65.6 Å². The highest BCUT2D eigenvalue weighted by atomic mass is 19.4. The van der Waals surface area contributed by atoms with Crippen LogP contribution in [0.4, 0.5) is 13.2 Å². The molecule has 21 heavy (non-hydrogen) atoms. The van der Waals surface area contributed by atoms with E-state index in [9.17, 15) is 18.0 Å². The third-order valence-electron chi connectivity index (χ3n) is 3.27. The van der Waals surface area contributed by atoms with Crippen LogP contribution in [-0.2, 0) is 6.18 Å². The molecule has 2 nitrogen and oxygen atoms in total. The summed E-state index contributed by atoms with van der Waals surface area (Å²) in [4.78, 5) is 11.8. The molecule has 106 valence electrons. The van der Waals surface area contributed by atoms with E-state index in [1.165, 1.54) is 35.0 Å². The number of hydrogen-bond donors (Lipinski definition) is 0. The molecule has 0 unspecified atom stereocenters. The van der Waals surface area contributed by atoms with Crippen LogP contribution >= 0.6 is 0 Å². The molecule has 0 aliphatic rings. The fraction of sp³-hybridized carbons (Fsp3) is 0.0625. The zero-order chi connectivity index (χ0) is 15.0. The van der Waals surface area contributed by atoms with Gasteiger partial charge in [0, 0.05) is 17.6 Å². The number of hydrogen-bond acceptors (Lipinski definition) is 1. The predicted molar refractivity (Wildman–Crippen MR) is 74.5 cm³/mol. The van der Waals surface area contributed by atoms with Crippen LogP contribution in [0.5, 0.6) is 0 Å². The second kappa shape index (κ2) is 4.77. The minimum atomic E-state index is -4.46. The van der Waals surface area contributed by atoms with Gasteiger partial charge in [-0.25, -0.2) is 0 Å². The van der Waals surface area contributed by atoms with Crippen LogP contribution in [0.3, 0.4) is 0 Å². The third kappa shape index (κ3) is 2.31. The van der Waals surface area contributed by atoms with Gasteiger partial charge in [0.1, 0.15) is 0 Å². The van der Waals surface area contributed by atoms with Crippen LogP contribution < -0.4 is 5.43 Å². The zero-order valence-electron chi connectivity index (χ0n) is 10.8. The molecule has 0 atom stereocenters. The maximum absolute atomic E-state index is 13.1. The predicted octanol–water partition coefficient (Wildman–Crippen LogP) is 4.01. The minimum Gasteiger partial charge on any atom is -0.316 e. The molecule has 0 spiro atoms. The van der Waals surface area contributed by atoms with E-state index in [-0.39, 0.29) is 11.1 Å². The number of halogens is 3. The molecular formula is C16H10F3NO. The number of fused-ring (bicyclic) bond motifs is 1. The Kier molecular flexibility index (Phi) is 3.05. The quantitative estimate of drug-likeness (QED) is 0.663. The molecule has 0 radical (unpaired) electrons. The molecule has 0 amide bonds. The summed E-state index contributed by atoms with van der Waals surface area (Å²) in [5.74, 6) is 0. The van der Waals surface area contributed by atoms with Crippen molar-refractivity contribution in [2.24, 2.45) is 0 Å². The van der Waals surface area contributed by atoms with E-state index >= 15 is 0 Å². The molecule has 0 N–H and O–H groups in total. The van der Waals surface area contributed by atoms with E-state index < -0.39 is 11.7 Å². The largest absolute Gasteiger partial charge is 0.418 e. The molecule has 0 aliphatic carbocycles. The van der Waals surface area contributed by atoms with Crippen molar-refractivity contribution in [2.75, 3.05) is 0 Å². The molecule has 0 saturated carbocycles. The smallest absolute Gasteiger partial charge is 0.316 e. The zero-order valence-corrected chi connectivity index (χ0v) is 10.8. The molecular weight excluding hydrogens is 279 g/mol. The summed E-state index contributed by atoms with van der Waals surface area (Å²) >= 11 is 0. The summed E-state index contributed by atoms with van der Waals surface area (Å²) < 4.78 is 40.8. The van der Waals surface area contributed by atoms with Crippen molar-refractivity contribution < 1.29 is 13.2 Å². The topological polar surface area (TPSA) is 22.0 Å². The Bertz CT molecular complexity index is 865. The lowest BCUT2D eigenvalue weighted by Gasteiger charge is -2.16. The van der Waals surface area contributed by atoms with Gasteiger partial charge >= 0.3 is 6.18 Å². The third-order valence-corrected chi connectivity index (χ3v) is 3.27. The first-order chi connectivity index (χ1) is 9.98. The van der Waals surface area contributed by atoms with E-state index in [0.717, 1.165) is 6.07 Å². The molecule has 0 aliphatic heterocycles. The lowest BCUT2D eigenvalue weighted by Crippen LogP contribution is -2.13. The maximum atomic E-state index is 13.1. The average molecular weight is 289 g/mol. The molecule has 3 rings (SSSR count). The molecule has 3 aromatic rings. The summed E-state index contributed by atoms with van der Waals surface area (Å²) in [5.41, 5.74) is -0.506. The first kappa shape index (κ1) is 13.4. The Balaban J connectivity index is 2.38. The number of para-hydroxylation sites is 2. The van der Waals surface area contributed by atoms with E-state index in [1.807, 2.05) is 0 Å². The standard InChI is InChI=1S/C16H10F3NO/c17-16(18,19)12-6-2-4-8-14(12)20-10-9-15(21)11-5-1-3-7-13(11)20/h1-10H. The van der Waals surface area contributed by atoms with Gasteiger partial charge in [0.15, 0.2) is 5.43 Å². The number of nitrogens with zero attached hydrogens (tertiary/aromatic N) is 1. The van der Waals surface area contributed by atoms with Gasteiger partial charge in [-0.2, -0.15) is 13.2 Å². The number of aromatic nitrogens is 1. The SMILES string of the molecule is O=c1ccn(-c2ccccc2C(F)(F)F)c2ccccc12. The maximum Gasteiger partial charge on any atom is 0.418 e. The molecule has 1 heterocycles. The van der Waals surface area contributed by atoms with Gasteiger partial charge in [0.2, 0.25) is 0 Å². The first-order valence-electron chi connectivity index (χ1n) is 6.25.